The Kier molecular flexibility index (Phi) is 3.78. The van der Waals surface area contributed by atoms with E-state index in [-0.39, 0.29) is 18.1 Å². The first kappa shape index (κ1) is 14.1. The number of benzene rings is 2. The second-order valence-corrected chi connectivity index (χ2v) is 5.09. The lowest BCUT2D eigenvalue weighted by atomic mass is 10.1. The van der Waals surface area contributed by atoms with Crippen molar-refractivity contribution in [2.45, 2.75) is 19.9 Å². The quantitative estimate of drug-likeness (QED) is 0.776. The molecule has 0 saturated heterocycles. The fourth-order valence-electron chi connectivity index (χ4n) is 2.55. The van der Waals surface area contributed by atoms with Gasteiger partial charge in [-0.05, 0) is 30.2 Å². The van der Waals surface area contributed by atoms with Gasteiger partial charge in [0.25, 0.3) is 0 Å². The maximum atomic E-state index is 12.3. The molecule has 3 aromatic rings. The van der Waals surface area contributed by atoms with E-state index in [9.17, 15) is 9.59 Å². The monoisotopic (exact) mass is 295 g/mol. The molecule has 3 rings (SSSR count). The average molecular weight is 295 g/mol. The van der Waals surface area contributed by atoms with Gasteiger partial charge in [-0.1, -0.05) is 37.3 Å². The van der Waals surface area contributed by atoms with Crippen molar-refractivity contribution in [1.82, 2.24) is 9.55 Å². The van der Waals surface area contributed by atoms with Crippen LogP contribution >= 0.6 is 0 Å². The summed E-state index contributed by atoms with van der Waals surface area (Å²) in [6, 6.07) is 15.0. The predicted molar refractivity (Wildman–Crippen MR) is 87.0 cm³/mol. The fourth-order valence-corrected chi connectivity index (χ4v) is 2.55. The number of amides is 1. The molecule has 0 aliphatic rings. The van der Waals surface area contributed by atoms with E-state index in [0.29, 0.717) is 0 Å². The zero-order valence-corrected chi connectivity index (χ0v) is 12.3. The Labute approximate surface area is 127 Å². The van der Waals surface area contributed by atoms with Crippen molar-refractivity contribution in [1.29, 1.82) is 0 Å². The molecule has 0 bridgehead atoms. The van der Waals surface area contributed by atoms with Gasteiger partial charge in [0.05, 0.1) is 11.0 Å². The zero-order valence-electron chi connectivity index (χ0n) is 12.3. The van der Waals surface area contributed by atoms with E-state index in [4.69, 9.17) is 0 Å². The molecule has 0 unspecified atom stereocenters. The minimum absolute atomic E-state index is 0.0130. The number of hydrogen-bond acceptors (Lipinski definition) is 2. The van der Waals surface area contributed by atoms with Gasteiger partial charge >= 0.3 is 5.69 Å². The summed E-state index contributed by atoms with van der Waals surface area (Å²) < 4.78 is 1.44. The van der Waals surface area contributed by atoms with Gasteiger partial charge in [-0.25, -0.2) is 4.79 Å². The molecular formula is C17H17N3O2. The Hall–Kier alpha value is -2.82. The number of para-hydroxylation sites is 3. The van der Waals surface area contributed by atoms with Crippen LogP contribution in [0, 0.1) is 0 Å². The maximum absolute atomic E-state index is 12.3. The van der Waals surface area contributed by atoms with Gasteiger partial charge in [-0.3, -0.25) is 9.36 Å². The van der Waals surface area contributed by atoms with Crippen LogP contribution in [0.4, 0.5) is 5.69 Å². The van der Waals surface area contributed by atoms with Crippen molar-refractivity contribution in [3.8, 4) is 0 Å². The number of nitrogens with one attached hydrogen (secondary N) is 2. The smallest absolute Gasteiger partial charge is 0.324 e. The molecule has 0 fully saturated rings. The third kappa shape index (κ3) is 2.65. The number of aryl methyl sites for hydroxylation is 1. The first-order valence-electron chi connectivity index (χ1n) is 7.24. The van der Waals surface area contributed by atoms with Crippen LogP contribution < -0.4 is 11.0 Å². The highest BCUT2D eigenvalue weighted by Gasteiger charge is 2.11. The number of anilines is 1. The minimum atomic E-state index is -0.278. The summed E-state index contributed by atoms with van der Waals surface area (Å²) in [6.07, 6.45) is 0.837. The summed E-state index contributed by atoms with van der Waals surface area (Å²) in [7, 11) is 0. The number of imidazole rings is 1. The molecule has 0 aliphatic heterocycles. The van der Waals surface area contributed by atoms with E-state index in [1.165, 1.54) is 4.57 Å². The normalized spacial score (nSPS) is 10.8. The van der Waals surface area contributed by atoms with Gasteiger partial charge in [-0.2, -0.15) is 0 Å². The van der Waals surface area contributed by atoms with E-state index in [0.717, 1.165) is 28.7 Å². The molecule has 5 heteroatoms. The third-order valence-electron chi connectivity index (χ3n) is 3.66. The molecule has 2 aromatic carbocycles. The van der Waals surface area contributed by atoms with Crippen molar-refractivity contribution in [2.24, 2.45) is 0 Å². The molecule has 0 spiro atoms. The van der Waals surface area contributed by atoms with Crippen LogP contribution in [0.15, 0.2) is 53.3 Å². The Morgan fingerprint density at radius 3 is 2.68 bits per heavy atom. The van der Waals surface area contributed by atoms with Crippen molar-refractivity contribution >= 4 is 22.6 Å². The number of hydrogen-bond donors (Lipinski definition) is 2. The van der Waals surface area contributed by atoms with Crippen molar-refractivity contribution in [2.75, 3.05) is 5.32 Å². The van der Waals surface area contributed by atoms with Crippen LogP contribution in [-0.2, 0) is 17.8 Å². The van der Waals surface area contributed by atoms with Gasteiger partial charge in [0.15, 0.2) is 0 Å². The summed E-state index contributed by atoms with van der Waals surface area (Å²) in [5, 5.41) is 2.88. The number of fused-ring (bicyclic) bond motifs is 1. The van der Waals surface area contributed by atoms with Gasteiger partial charge in [0.2, 0.25) is 5.91 Å². The van der Waals surface area contributed by atoms with Crippen molar-refractivity contribution in [3.63, 3.8) is 0 Å². The SMILES string of the molecule is CCc1ccccc1NC(=O)Cn1c(=O)[nH]c2ccccc21. The summed E-state index contributed by atoms with van der Waals surface area (Å²) in [4.78, 5) is 27.0. The van der Waals surface area contributed by atoms with Crippen molar-refractivity contribution in [3.05, 3.63) is 64.6 Å². The Morgan fingerprint density at radius 1 is 1.14 bits per heavy atom. The summed E-state index contributed by atoms with van der Waals surface area (Å²) in [5.74, 6) is -0.215. The molecule has 2 N–H and O–H groups in total. The highest BCUT2D eigenvalue weighted by Crippen LogP contribution is 2.15. The van der Waals surface area contributed by atoms with E-state index < -0.39 is 0 Å². The number of rotatable bonds is 4. The van der Waals surface area contributed by atoms with Crippen LogP contribution in [0.5, 0.6) is 0 Å². The topological polar surface area (TPSA) is 66.9 Å². The molecule has 5 nitrogen and oxygen atoms in total. The Morgan fingerprint density at radius 2 is 1.86 bits per heavy atom. The zero-order chi connectivity index (χ0) is 15.5. The van der Waals surface area contributed by atoms with Crippen LogP contribution in [0.1, 0.15) is 12.5 Å². The van der Waals surface area contributed by atoms with Crippen LogP contribution in [0.25, 0.3) is 11.0 Å². The van der Waals surface area contributed by atoms with E-state index >= 15 is 0 Å². The van der Waals surface area contributed by atoms with Gasteiger partial charge in [0, 0.05) is 5.69 Å². The summed E-state index contributed by atoms with van der Waals surface area (Å²) >= 11 is 0. The molecule has 0 saturated carbocycles. The number of carbonyl (C=O) groups is 1. The number of aromatic nitrogens is 2. The minimum Gasteiger partial charge on any atom is -0.324 e. The van der Waals surface area contributed by atoms with Crippen LogP contribution in [-0.4, -0.2) is 15.5 Å². The van der Waals surface area contributed by atoms with Crippen LogP contribution in [0.3, 0.4) is 0 Å². The second-order valence-electron chi connectivity index (χ2n) is 5.09. The third-order valence-corrected chi connectivity index (χ3v) is 3.66. The number of carbonyl (C=O) groups excluding carboxylic acids is 1. The largest absolute Gasteiger partial charge is 0.326 e. The molecule has 1 heterocycles. The lowest BCUT2D eigenvalue weighted by Gasteiger charge is -2.10. The van der Waals surface area contributed by atoms with Gasteiger partial charge in [-0.15, -0.1) is 0 Å². The van der Waals surface area contributed by atoms with Gasteiger partial charge < -0.3 is 10.3 Å². The molecule has 0 aliphatic carbocycles. The number of H-pyrrole nitrogens is 1. The lowest BCUT2D eigenvalue weighted by molar-refractivity contribution is -0.116. The molecule has 112 valence electrons. The van der Waals surface area contributed by atoms with E-state index in [2.05, 4.69) is 10.3 Å². The van der Waals surface area contributed by atoms with Crippen LogP contribution in [0.2, 0.25) is 0 Å². The van der Waals surface area contributed by atoms with Gasteiger partial charge in [0.1, 0.15) is 6.54 Å². The maximum Gasteiger partial charge on any atom is 0.326 e. The number of aromatic amines is 1. The standard InChI is InChI=1S/C17H17N3O2/c1-2-12-7-3-4-8-13(12)18-16(21)11-20-15-10-6-5-9-14(15)19-17(20)22/h3-10H,2,11H2,1H3,(H,18,21)(H,19,22). The molecule has 1 amide bonds. The van der Waals surface area contributed by atoms with Crippen molar-refractivity contribution < 1.29 is 4.79 Å². The average Bonchev–Trinajstić information content (AvgIpc) is 2.84. The first-order valence-corrected chi connectivity index (χ1v) is 7.24. The van der Waals surface area contributed by atoms with E-state index in [1.54, 1.807) is 0 Å². The Balaban J connectivity index is 1.85. The predicted octanol–water partition coefficient (Wildman–Crippen LogP) is 2.53. The number of nitrogens with zero attached hydrogens (tertiary/aromatic N) is 1. The summed E-state index contributed by atoms with van der Waals surface area (Å²) in [6.45, 7) is 2.02. The first-order chi connectivity index (χ1) is 10.7. The Bertz CT molecular complexity index is 877. The molecule has 1 aromatic heterocycles. The second kappa shape index (κ2) is 5.89. The highest BCUT2D eigenvalue weighted by molar-refractivity contribution is 5.92. The molecule has 0 radical (unpaired) electrons. The summed E-state index contributed by atoms with van der Waals surface area (Å²) in [5.41, 5.74) is 3.05. The highest BCUT2D eigenvalue weighted by atomic mass is 16.2. The molecule has 0 atom stereocenters. The fraction of sp³-hybridized carbons (Fsp3) is 0.176. The van der Waals surface area contributed by atoms with E-state index in [1.807, 2.05) is 55.5 Å². The lowest BCUT2D eigenvalue weighted by Crippen LogP contribution is -2.26. The molecular weight excluding hydrogens is 278 g/mol. The molecule has 22 heavy (non-hydrogen) atoms.